The standard InChI is InChI=1S/C14H26N2/c1-3-12(2)11-16-10-5-4-8-14(16)13-7-6-9-15-13/h13-15H,2-11H2,1H3. The van der Waals surface area contributed by atoms with Crippen molar-refractivity contribution < 1.29 is 0 Å². The van der Waals surface area contributed by atoms with Crippen LogP contribution >= 0.6 is 0 Å². The highest BCUT2D eigenvalue weighted by Crippen LogP contribution is 2.25. The van der Waals surface area contributed by atoms with Crippen LogP contribution in [0.1, 0.15) is 45.4 Å². The Kier molecular flexibility index (Phi) is 4.42. The van der Waals surface area contributed by atoms with Crippen molar-refractivity contribution in [1.82, 2.24) is 10.2 Å². The second-order valence-corrected chi connectivity index (χ2v) is 5.34. The third-order valence-electron chi connectivity index (χ3n) is 4.15. The van der Waals surface area contributed by atoms with Crippen LogP contribution < -0.4 is 5.32 Å². The second-order valence-electron chi connectivity index (χ2n) is 5.34. The third-order valence-corrected chi connectivity index (χ3v) is 4.15. The van der Waals surface area contributed by atoms with E-state index in [1.54, 1.807) is 0 Å². The van der Waals surface area contributed by atoms with Gasteiger partial charge in [-0.3, -0.25) is 4.90 Å². The number of nitrogens with one attached hydrogen (secondary N) is 1. The van der Waals surface area contributed by atoms with E-state index in [1.807, 2.05) is 0 Å². The first-order valence-corrected chi connectivity index (χ1v) is 6.95. The summed E-state index contributed by atoms with van der Waals surface area (Å²) in [6.45, 7) is 10.0. The van der Waals surface area contributed by atoms with Crippen LogP contribution in [0.5, 0.6) is 0 Å². The van der Waals surface area contributed by atoms with Gasteiger partial charge in [0.25, 0.3) is 0 Å². The number of hydrogen-bond acceptors (Lipinski definition) is 2. The molecule has 0 aromatic carbocycles. The fourth-order valence-electron chi connectivity index (χ4n) is 3.11. The number of piperidine rings is 1. The largest absolute Gasteiger partial charge is 0.312 e. The van der Waals surface area contributed by atoms with E-state index in [1.165, 1.54) is 50.8 Å². The van der Waals surface area contributed by atoms with E-state index in [2.05, 4.69) is 23.7 Å². The summed E-state index contributed by atoms with van der Waals surface area (Å²) in [5.74, 6) is 0. The number of rotatable bonds is 4. The Hall–Kier alpha value is -0.340. The zero-order chi connectivity index (χ0) is 11.4. The van der Waals surface area contributed by atoms with Gasteiger partial charge >= 0.3 is 0 Å². The van der Waals surface area contributed by atoms with Gasteiger partial charge in [-0.1, -0.05) is 25.5 Å². The first-order valence-electron chi connectivity index (χ1n) is 6.95. The molecule has 0 aromatic heterocycles. The topological polar surface area (TPSA) is 15.3 Å². The van der Waals surface area contributed by atoms with E-state index in [9.17, 15) is 0 Å². The molecule has 0 amide bonds. The average molecular weight is 222 g/mol. The van der Waals surface area contributed by atoms with Crippen LogP contribution in [0.25, 0.3) is 0 Å². The normalized spacial score (nSPS) is 31.8. The molecule has 2 nitrogen and oxygen atoms in total. The van der Waals surface area contributed by atoms with E-state index >= 15 is 0 Å². The van der Waals surface area contributed by atoms with E-state index in [0.717, 1.165) is 25.0 Å². The molecule has 2 fully saturated rings. The maximum atomic E-state index is 4.17. The lowest BCUT2D eigenvalue weighted by atomic mass is 9.94. The van der Waals surface area contributed by atoms with E-state index in [-0.39, 0.29) is 0 Å². The average Bonchev–Trinajstić information content (AvgIpc) is 2.83. The highest BCUT2D eigenvalue weighted by atomic mass is 15.2. The number of nitrogens with zero attached hydrogens (tertiary/aromatic N) is 1. The summed E-state index contributed by atoms with van der Waals surface area (Å²) in [5, 5.41) is 3.68. The zero-order valence-corrected chi connectivity index (χ0v) is 10.7. The molecule has 92 valence electrons. The molecular weight excluding hydrogens is 196 g/mol. The highest BCUT2D eigenvalue weighted by Gasteiger charge is 2.31. The van der Waals surface area contributed by atoms with Crippen molar-refractivity contribution in [2.75, 3.05) is 19.6 Å². The number of likely N-dealkylation sites (tertiary alicyclic amines) is 1. The molecule has 0 radical (unpaired) electrons. The molecule has 0 bridgehead atoms. The van der Waals surface area contributed by atoms with Crippen molar-refractivity contribution >= 4 is 0 Å². The summed E-state index contributed by atoms with van der Waals surface area (Å²) in [4.78, 5) is 2.68. The molecule has 16 heavy (non-hydrogen) atoms. The van der Waals surface area contributed by atoms with Gasteiger partial charge < -0.3 is 5.32 Å². The van der Waals surface area contributed by atoms with Crippen molar-refractivity contribution in [1.29, 1.82) is 0 Å². The van der Waals surface area contributed by atoms with Gasteiger partial charge in [0.2, 0.25) is 0 Å². The zero-order valence-electron chi connectivity index (χ0n) is 10.7. The third kappa shape index (κ3) is 2.86. The maximum absolute atomic E-state index is 4.17. The minimum absolute atomic E-state index is 0.755. The lowest BCUT2D eigenvalue weighted by Crippen LogP contribution is -2.50. The second kappa shape index (κ2) is 5.83. The fourth-order valence-corrected chi connectivity index (χ4v) is 3.11. The van der Waals surface area contributed by atoms with Crippen LogP contribution in [0.15, 0.2) is 12.2 Å². The Bertz CT molecular complexity index is 231. The minimum atomic E-state index is 0.755. The SMILES string of the molecule is C=C(CC)CN1CCCCC1C1CCCN1. The predicted molar refractivity (Wildman–Crippen MR) is 69.7 cm³/mol. The van der Waals surface area contributed by atoms with Crippen LogP contribution in [0.2, 0.25) is 0 Å². The Morgan fingerprint density at radius 1 is 1.31 bits per heavy atom. The molecule has 2 rings (SSSR count). The lowest BCUT2D eigenvalue weighted by molar-refractivity contribution is 0.130. The first kappa shape index (κ1) is 12.1. The van der Waals surface area contributed by atoms with Crippen molar-refractivity contribution in [3.8, 4) is 0 Å². The molecule has 2 atom stereocenters. The Morgan fingerprint density at radius 3 is 2.88 bits per heavy atom. The van der Waals surface area contributed by atoms with Gasteiger partial charge in [-0.2, -0.15) is 0 Å². The van der Waals surface area contributed by atoms with Gasteiger partial charge in [-0.05, 0) is 45.2 Å². The van der Waals surface area contributed by atoms with Crippen molar-refractivity contribution in [2.45, 2.75) is 57.5 Å². The summed E-state index contributed by atoms with van der Waals surface area (Å²) in [6.07, 6.45) is 8.04. The van der Waals surface area contributed by atoms with Crippen LogP contribution in [-0.2, 0) is 0 Å². The fraction of sp³-hybridized carbons (Fsp3) is 0.857. The van der Waals surface area contributed by atoms with Crippen LogP contribution in [-0.4, -0.2) is 36.6 Å². The predicted octanol–water partition coefficient (Wildman–Crippen LogP) is 2.56. The van der Waals surface area contributed by atoms with Gasteiger partial charge in [0.15, 0.2) is 0 Å². The summed E-state index contributed by atoms with van der Waals surface area (Å²) < 4.78 is 0. The molecule has 2 heterocycles. The van der Waals surface area contributed by atoms with E-state index < -0.39 is 0 Å². The molecule has 2 unspecified atom stereocenters. The summed E-state index contributed by atoms with van der Waals surface area (Å²) in [7, 11) is 0. The molecule has 0 aromatic rings. The van der Waals surface area contributed by atoms with Crippen molar-refractivity contribution in [3.63, 3.8) is 0 Å². The van der Waals surface area contributed by atoms with Crippen LogP contribution in [0.3, 0.4) is 0 Å². The molecule has 0 spiro atoms. The van der Waals surface area contributed by atoms with Crippen LogP contribution in [0.4, 0.5) is 0 Å². The van der Waals surface area contributed by atoms with Gasteiger partial charge in [0, 0.05) is 18.6 Å². The lowest BCUT2D eigenvalue weighted by Gasteiger charge is -2.39. The molecular formula is C14H26N2. The van der Waals surface area contributed by atoms with Gasteiger partial charge in [-0.15, -0.1) is 0 Å². The van der Waals surface area contributed by atoms with Crippen LogP contribution in [0, 0.1) is 0 Å². The summed E-state index contributed by atoms with van der Waals surface area (Å²) in [5.41, 5.74) is 1.39. The van der Waals surface area contributed by atoms with Crippen molar-refractivity contribution in [2.24, 2.45) is 0 Å². The van der Waals surface area contributed by atoms with Gasteiger partial charge in [0.05, 0.1) is 0 Å². The Morgan fingerprint density at radius 2 is 2.19 bits per heavy atom. The molecule has 1 N–H and O–H groups in total. The molecule has 2 heteroatoms. The Labute approximate surface area is 100 Å². The van der Waals surface area contributed by atoms with E-state index in [0.29, 0.717) is 0 Å². The first-order chi connectivity index (χ1) is 7.81. The van der Waals surface area contributed by atoms with Crippen molar-refractivity contribution in [3.05, 3.63) is 12.2 Å². The molecule has 2 saturated heterocycles. The number of hydrogen-bond donors (Lipinski definition) is 1. The summed E-state index contributed by atoms with van der Waals surface area (Å²) in [6, 6.07) is 1.53. The smallest absolute Gasteiger partial charge is 0.0252 e. The van der Waals surface area contributed by atoms with Gasteiger partial charge in [0.1, 0.15) is 0 Å². The monoisotopic (exact) mass is 222 g/mol. The Balaban J connectivity index is 1.93. The minimum Gasteiger partial charge on any atom is -0.312 e. The molecule has 2 aliphatic heterocycles. The molecule has 0 saturated carbocycles. The van der Waals surface area contributed by atoms with Gasteiger partial charge in [-0.25, -0.2) is 0 Å². The molecule has 2 aliphatic rings. The quantitative estimate of drug-likeness (QED) is 0.735. The van der Waals surface area contributed by atoms with E-state index in [4.69, 9.17) is 0 Å². The summed E-state index contributed by atoms with van der Waals surface area (Å²) >= 11 is 0. The molecule has 0 aliphatic carbocycles. The highest BCUT2D eigenvalue weighted by molar-refractivity contribution is 5.00. The maximum Gasteiger partial charge on any atom is 0.0252 e.